The molecule has 138 valence electrons. The summed E-state index contributed by atoms with van der Waals surface area (Å²) < 4.78 is 0. The lowest BCUT2D eigenvalue weighted by atomic mass is 10.2. The van der Waals surface area contributed by atoms with Crippen molar-refractivity contribution < 1.29 is 9.90 Å². The maximum atomic E-state index is 12.9. The molecule has 2 N–H and O–H groups in total. The van der Waals surface area contributed by atoms with E-state index in [0.29, 0.717) is 6.42 Å². The number of hydrogen-bond donors (Lipinski definition) is 2. The van der Waals surface area contributed by atoms with Crippen LogP contribution in [-0.2, 0) is 11.2 Å². The summed E-state index contributed by atoms with van der Waals surface area (Å²) in [6.07, 6.45) is 0.383. The number of anilines is 2. The van der Waals surface area contributed by atoms with Crippen LogP contribution < -0.4 is 10.5 Å². The van der Waals surface area contributed by atoms with Gasteiger partial charge in [-0.25, -0.2) is 0 Å². The molecule has 27 heavy (non-hydrogen) atoms. The fraction of sp³-hybridized carbons (Fsp3) is 0.150. The molecule has 0 fully saturated rings. The van der Waals surface area contributed by atoms with Crippen LogP contribution in [0.3, 0.4) is 0 Å². The number of para-hydroxylation sites is 2. The molecule has 0 radical (unpaired) electrons. The molecule has 0 spiro atoms. The van der Waals surface area contributed by atoms with Gasteiger partial charge in [0.25, 0.3) is 5.56 Å². The number of amides is 1. The smallest absolute Gasteiger partial charge is 0.258 e. The van der Waals surface area contributed by atoms with Gasteiger partial charge < -0.3 is 10.1 Å². The summed E-state index contributed by atoms with van der Waals surface area (Å²) in [5.41, 5.74) is 1.35. The Morgan fingerprint density at radius 1 is 1.07 bits per heavy atom. The van der Waals surface area contributed by atoms with Crippen molar-refractivity contribution in [3.63, 3.8) is 0 Å². The number of hydrogen-bond acceptors (Lipinski definition) is 5. The standard InChI is InChI=1S/C20H19N3O3S/c1-2-16-18(25)21-20(22-19(16)26)27-13-17(24)23(14-9-5-3-6-10-14)15-11-7-4-8-12-15/h3-12H,2,13H2,1H3,(H2,21,22,25,26). The zero-order chi connectivity index (χ0) is 19.2. The number of thioether (sulfide) groups is 1. The Kier molecular flexibility index (Phi) is 5.93. The first-order valence-electron chi connectivity index (χ1n) is 8.48. The number of H-pyrrole nitrogens is 1. The van der Waals surface area contributed by atoms with Crippen molar-refractivity contribution in [2.24, 2.45) is 0 Å². The predicted molar refractivity (Wildman–Crippen MR) is 107 cm³/mol. The Labute approximate surface area is 160 Å². The molecule has 0 aliphatic heterocycles. The van der Waals surface area contributed by atoms with E-state index in [0.717, 1.165) is 23.1 Å². The van der Waals surface area contributed by atoms with Gasteiger partial charge in [-0.05, 0) is 30.7 Å². The minimum absolute atomic E-state index is 0.0532. The van der Waals surface area contributed by atoms with E-state index in [-0.39, 0.29) is 33.8 Å². The molecule has 0 unspecified atom stereocenters. The Bertz CT molecular complexity index is 935. The van der Waals surface area contributed by atoms with E-state index in [4.69, 9.17) is 0 Å². The number of rotatable bonds is 6. The lowest BCUT2D eigenvalue weighted by molar-refractivity contribution is -0.115. The lowest BCUT2D eigenvalue weighted by Crippen LogP contribution is -2.27. The van der Waals surface area contributed by atoms with Gasteiger partial charge in [0.05, 0.1) is 11.3 Å². The molecule has 1 heterocycles. The Morgan fingerprint density at radius 2 is 1.63 bits per heavy atom. The first-order valence-corrected chi connectivity index (χ1v) is 9.46. The number of aromatic amines is 1. The Hall–Kier alpha value is -3.06. The molecule has 0 atom stereocenters. The third-order valence-corrected chi connectivity index (χ3v) is 4.79. The quantitative estimate of drug-likeness (QED) is 0.504. The van der Waals surface area contributed by atoms with Crippen LogP contribution in [0.5, 0.6) is 5.88 Å². The molecule has 1 amide bonds. The van der Waals surface area contributed by atoms with Crippen molar-refractivity contribution in [1.82, 2.24) is 9.97 Å². The molecule has 2 aromatic carbocycles. The number of carbonyl (C=O) groups is 1. The summed E-state index contributed by atoms with van der Waals surface area (Å²) >= 11 is 1.08. The van der Waals surface area contributed by atoms with Crippen LogP contribution in [0.25, 0.3) is 0 Å². The molecule has 0 bridgehead atoms. The lowest BCUT2D eigenvalue weighted by Gasteiger charge is -2.22. The van der Waals surface area contributed by atoms with Crippen LogP contribution in [0, 0.1) is 0 Å². The fourth-order valence-corrected chi connectivity index (χ4v) is 3.34. The van der Waals surface area contributed by atoms with Gasteiger partial charge in [0.2, 0.25) is 11.8 Å². The number of nitrogens with one attached hydrogen (secondary N) is 1. The van der Waals surface area contributed by atoms with E-state index in [1.807, 2.05) is 60.7 Å². The topological polar surface area (TPSA) is 86.3 Å². The predicted octanol–water partition coefficient (Wildman–Crippen LogP) is 3.49. The van der Waals surface area contributed by atoms with Gasteiger partial charge in [0.1, 0.15) is 0 Å². The van der Waals surface area contributed by atoms with E-state index < -0.39 is 0 Å². The highest BCUT2D eigenvalue weighted by atomic mass is 32.2. The minimum Gasteiger partial charge on any atom is -0.493 e. The first kappa shape index (κ1) is 18.7. The molecule has 6 nitrogen and oxygen atoms in total. The third kappa shape index (κ3) is 4.38. The van der Waals surface area contributed by atoms with E-state index in [2.05, 4.69) is 9.97 Å². The highest BCUT2D eigenvalue weighted by molar-refractivity contribution is 7.99. The van der Waals surface area contributed by atoms with Gasteiger partial charge in [-0.1, -0.05) is 55.1 Å². The normalized spacial score (nSPS) is 10.6. The van der Waals surface area contributed by atoms with Crippen molar-refractivity contribution in [3.8, 4) is 5.88 Å². The average molecular weight is 381 g/mol. The van der Waals surface area contributed by atoms with Crippen molar-refractivity contribution in [3.05, 3.63) is 76.6 Å². The van der Waals surface area contributed by atoms with Gasteiger partial charge in [-0.3, -0.25) is 14.5 Å². The Morgan fingerprint density at radius 3 is 2.11 bits per heavy atom. The monoisotopic (exact) mass is 381 g/mol. The number of nitrogens with zero attached hydrogens (tertiary/aromatic N) is 2. The van der Waals surface area contributed by atoms with Crippen LogP contribution >= 0.6 is 11.8 Å². The first-order chi connectivity index (χ1) is 13.1. The maximum Gasteiger partial charge on any atom is 0.258 e. The zero-order valence-corrected chi connectivity index (χ0v) is 15.6. The summed E-state index contributed by atoms with van der Waals surface area (Å²) in [4.78, 5) is 33.1. The number of aromatic nitrogens is 2. The van der Waals surface area contributed by atoms with Gasteiger partial charge in [-0.2, -0.15) is 4.98 Å². The molecule has 3 rings (SSSR count). The van der Waals surface area contributed by atoms with Gasteiger partial charge in [0.15, 0.2) is 5.16 Å². The number of carbonyl (C=O) groups excluding carboxylic acids is 1. The summed E-state index contributed by atoms with van der Waals surface area (Å²) in [7, 11) is 0. The van der Waals surface area contributed by atoms with Crippen molar-refractivity contribution >= 4 is 29.0 Å². The SMILES string of the molecule is CCc1c(O)nc(SCC(=O)N(c2ccccc2)c2ccccc2)[nH]c1=O. The molecular weight excluding hydrogens is 362 g/mol. The summed E-state index contributed by atoms with van der Waals surface area (Å²) in [6.45, 7) is 1.76. The fourth-order valence-electron chi connectivity index (χ4n) is 2.64. The van der Waals surface area contributed by atoms with E-state index in [1.165, 1.54) is 0 Å². The van der Waals surface area contributed by atoms with Crippen LogP contribution in [-0.4, -0.2) is 26.7 Å². The third-order valence-electron chi connectivity index (χ3n) is 3.94. The summed E-state index contributed by atoms with van der Waals surface area (Å²) in [6, 6.07) is 18.7. The van der Waals surface area contributed by atoms with Crippen molar-refractivity contribution in [1.29, 1.82) is 0 Å². The summed E-state index contributed by atoms with van der Waals surface area (Å²) in [5.74, 6) is -0.407. The molecule has 0 saturated heterocycles. The van der Waals surface area contributed by atoms with Crippen LogP contribution in [0.1, 0.15) is 12.5 Å². The second-order valence-electron chi connectivity index (χ2n) is 5.72. The van der Waals surface area contributed by atoms with Crippen LogP contribution in [0.4, 0.5) is 11.4 Å². The van der Waals surface area contributed by atoms with Crippen LogP contribution in [0.2, 0.25) is 0 Å². The van der Waals surface area contributed by atoms with Gasteiger partial charge in [-0.15, -0.1) is 0 Å². The van der Waals surface area contributed by atoms with E-state index in [9.17, 15) is 14.7 Å². The zero-order valence-electron chi connectivity index (χ0n) is 14.8. The number of aromatic hydroxyl groups is 1. The van der Waals surface area contributed by atoms with Gasteiger partial charge in [0, 0.05) is 11.4 Å². The molecule has 0 aliphatic rings. The van der Waals surface area contributed by atoms with Crippen molar-refractivity contribution in [2.45, 2.75) is 18.5 Å². The summed E-state index contributed by atoms with van der Waals surface area (Å²) in [5, 5.41) is 10.1. The highest BCUT2D eigenvalue weighted by Crippen LogP contribution is 2.27. The van der Waals surface area contributed by atoms with Crippen LogP contribution in [0.15, 0.2) is 70.6 Å². The molecule has 3 aromatic rings. The highest BCUT2D eigenvalue weighted by Gasteiger charge is 2.19. The van der Waals surface area contributed by atoms with E-state index in [1.54, 1.807) is 11.8 Å². The largest absolute Gasteiger partial charge is 0.493 e. The number of benzene rings is 2. The minimum atomic E-state index is -0.386. The average Bonchev–Trinajstić information content (AvgIpc) is 2.68. The van der Waals surface area contributed by atoms with E-state index >= 15 is 0 Å². The second-order valence-corrected chi connectivity index (χ2v) is 6.68. The second kappa shape index (κ2) is 8.55. The molecule has 7 heteroatoms. The van der Waals surface area contributed by atoms with Gasteiger partial charge >= 0.3 is 0 Å². The maximum absolute atomic E-state index is 12.9. The molecule has 0 aliphatic carbocycles. The molecule has 1 aromatic heterocycles. The van der Waals surface area contributed by atoms with Crippen molar-refractivity contribution in [2.75, 3.05) is 10.7 Å². The molecule has 0 saturated carbocycles. The molecular formula is C20H19N3O3S. The Balaban J connectivity index is 1.83.